The molecule has 0 saturated carbocycles. The van der Waals surface area contributed by atoms with Gasteiger partial charge in [0.1, 0.15) is 0 Å². The molecule has 2 aromatic carbocycles. The molecule has 0 amide bonds. The van der Waals surface area contributed by atoms with E-state index in [0.717, 1.165) is 0 Å². The van der Waals surface area contributed by atoms with Crippen LogP contribution in [0.25, 0.3) is 10.8 Å². The van der Waals surface area contributed by atoms with Gasteiger partial charge in [0.05, 0.1) is 0 Å². The molecule has 0 bridgehead atoms. The zero-order valence-corrected chi connectivity index (χ0v) is 9.01. The quantitative estimate of drug-likeness (QED) is 0.668. The average molecular weight is 239 g/mol. The Labute approximate surface area is 81.5 Å². The van der Waals surface area contributed by atoms with Crippen molar-refractivity contribution in [1.29, 1.82) is 0 Å². The molecule has 0 aliphatic heterocycles. The molecule has 60 valence electrons. The smallest absolute Gasteiger partial charge is 0.00826 e. The first kappa shape index (κ1) is 8.22. The normalized spacial score (nSPS) is 11.4. The first-order chi connectivity index (χ1) is 5.92. The van der Waals surface area contributed by atoms with Gasteiger partial charge in [0.2, 0.25) is 0 Å². The lowest BCUT2D eigenvalue weighted by Gasteiger charge is -2.01. The molecule has 0 fully saturated rings. The molecule has 0 saturated heterocycles. The Balaban J connectivity index is 2.79. The molecule has 2 heteroatoms. The molecule has 1 atom stereocenters. The van der Waals surface area contributed by atoms with Crippen molar-refractivity contribution >= 4 is 38.8 Å². The second-order valence-corrected chi connectivity index (χ2v) is 4.54. The number of hydrogen-bond acceptors (Lipinski definition) is 0. The SMILES string of the molecule is BrPc1cccc2ccccc12. The Morgan fingerprint density at radius 3 is 2.50 bits per heavy atom. The van der Waals surface area contributed by atoms with E-state index >= 15 is 0 Å². The van der Waals surface area contributed by atoms with Crippen molar-refractivity contribution in [3.8, 4) is 0 Å². The van der Waals surface area contributed by atoms with Gasteiger partial charge in [-0.25, -0.2) is 0 Å². The molecule has 1 unspecified atom stereocenters. The molecule has 0 spiro atoms. The maximum Gasteiger partial charge on any atom is -0.00826 e. The highest BCUT2D eigenvalue weighted by atomic mass is 79.9. The summed E-state index contributed by atoms with van der Waals surface area (Å²) < 4.78 is 0. The summed E-state index contributed by atoms with van der Waals surface area (Å²) in [7, 11) is 0.696. The second-order valence-electron chi connectivity index (χ2n) is 2.62. The maximum atomic E-state index is 3.51. The van der Waals surface area contributed by atoms with Crippen molar-refractivity contribution in [3.63, 3.8) is 0 Å². The van der Waals surface area contributed by atoms with Gasteiger partial charge in [-0.3, -0.25) is 0 Å². The molecule has 0 nitrogen and oxygen atoms in total. The lowest BCUT2D eigenvalue weighted by molar-refractivity contribution is 1.78. The van der Waals surface area contributed by atoms with Crippen molar-refractivity contribution in [2.75, 3.05) is 0 Å². The monoisotopic (exact) mass is 238 g/mol. The third-order valence-corrected chi connectivity index (χ3v) is 3.81. The third-order valence-electron chi connectivity index (χ3n) is 1.89. The zero-order valence-electron chi connectivity index (χ0n) is 6.42. The zero-order chi connectivity index (χ0) is 8.39. The highest BCUT2D eigenvalue weighted by molar-refractivity contribution is 9.37. The Hall–Kier alpha value is -0.390. The first-order valence-corrected chi connectivity index (χ1v) is 7.02. The van der Waals surface area contributed by atoms with Gasteiger partial charge in [0.25, 0.3) is 0 Å². The molecular formula is C10H8BrP. The van der Waals surface area contributed by atoms with Crippen LogP contribution in [0.4, 0.5) is 0 Å². The fourth-order valence-corrected chi connectivity index (χ4v) is 2.83. The topological polar surface area (TPSA) is 0 Å². The standard InChI is InChI=1S/C10H8BrP/c11-12-10-7-3-5-8-4-1-2-6-9(8)10/h1-7,12H. The van der Waals surface area contributed by atoms with Crippen LogP contribution in [0, 0.1) is 0 Å². The van der Waals surface area contributed by atoms with Crippen molar-refractivity contribution < 1.29 is 0 Å². The summed E-state index contributed by atoms with van der Waals surface area (Å²) in [5.41, 5.74) is 0. The van der Waals surface area contributed by atoms with Crippen LogP contribution in [0.3, 0.4) is 0 Å². The highest BCUT2D eigenvalue weighted by Crippen LogP contribution is 2.24. The van der Waals surface area contributed by atoms with Crippen LogP contribution in [-0.2, 0) is 0 Å². The summed E-state index contributed by atoms with van der Waals surface area (Å²) >= 11 is 3.51. The first-order valence-electron chi connectivity index (χ1n) is 3.76. The summed E-state index contributed by atoms with van der Waals surface area (Å²) in [6.07, 6.45) is 0. The van der Waals surface area contributed by atoms with E-state index in [0.29, 0.717) is 7.28 Å². The van der Waals surface area contributed by atoms with E-state index in [1.54, 1.807) is 0 Å². The molecule has 0 aliphatic rings. The Bertz CT molecular complexity index is 392. The lowest BCUT2D eigenvalue weighted by atomic mass is 10.1. The predicted octanol–water partition coefficient (Wildman–Crippen LogP) is 3.45. The van der Waals surface area contributed by atoms with Gasteiger partial charge < -0.3 is 0 Å². The van der Waals surface area contributed by atoms with E-state index in [1.807, 2.05) is 0 Å². The van der Waals surface area contributed by atoms with Crippen LogP contribution in [-0.4, -0.2) is 0 Å². The predicted molar refractivity (Wildman–Crippen MR) is 60.8 cm³/mol. The van der Waals surface area contributed by atoms with Crippen molar-refractivity contribution in [2.24, 2.45) is 0 Å². The minimum atomic E-state index is 0.696. The maximum absolute atomic E-state index is 3.51. The van der Waals surface area contributed by atoms with Crippen molar-refractivity contribution in [3.05, 3.63) is 42.5 Å². The van der Waals surface area contributed by atoms with Crippen LogP contribution in [0.5, 0.6) is 0 Å². The fraction of sp³-hybridized carbons (Fsp3) is 0. The number of benzene rings is 2. The van der Waals surface area contributed by atoms with Gasteiger partial charge in [-0.05, 0) is 23.4 Å². The molecule has 0 heterocycles. The van der Waals surface area contributed by atoms with Gasteiger partial charge in [-0.2, -0.15) is 0 Å². The van der Waals surface area contributed by atoms with E-state index in [-0.39, 0.29) is 0 Å². The van der Waals surface area contributed by atoms with Crippen molar-refractivity contribution in [2.45, 2.75) is 0 Å². The summed E-state index contributed by atoms with van der Waals surface area (Å²) in [6, 6.07) is 14.9. The molecule has 12 heavy (non-hydrogen) atoms. The lowest BCUT2D eigenvalue weighted by Crippen LogP contribution is -1.92. The van der Waals surface area contributed by atoms with Gasteiger partial charge in [0.15, 0.2) is 0 Å². The number of hydrogen-bond donors (Lipinski definition) is 0. The number of halogens is 1. The summed E-state index contributed by atoms with van der Waals surface area (Å²) in [6.45, 7) is 0. The fourth-order valence-electron chi connectivity index (χ4n) is 1.31. The summed E-state index contributed by atoms with van der Waals surface area (Å²) in [5.74, 6) is 0. The Morgan fingerprint density at radius 2 is 1.67 bits per heavy atom. The van der Waals surface area contributed by atoms with Crippen LogP contribution in [0.15, 0.2) is 42.5 Å². The molecule has 2 aromatic rings. The molecule has 0 radical (unpaired) electrons. The van der Waals surface area contributed by atoms with Crippen LogP contribution >= 0.6 is 22.8 Å². The Kier molecular flexibility index (Phi) is 2.43. The summed E-state index contributed by atoms with van der Waals surface area (Å²) in [4.78, 5) is 0. The third kappa shape index (κ3) is 1.39. The average Bonchev–Trinajstić information content (AvgIpc) is 2.17. The van der Waals surface area contributed by atoms with Crippen LogP contribution in [0.2, 0.25) is 0 Å². The van der Waals surface area contributed by atoms with Gasteiger partial charge in [-0.15, -0.1) is 0 Å². The number of rotatable bonds is 1. The van der Waals surface area contributed by atoms with E-state index in [2.05, 4.69) is 58.0 Å². The van der Waals surface area contributed by atoms with E-state index in [9.17, 15) is 0 Å². The molecule has 2 rings (SSSR count). The molecule has 0 aliphatic carbocycles. The number of fused-ring (bicyclic) bond motifs is 1. The van der Waals surface area contributed by atoms with Crippen molar-refractivity contribution in [1.82, 2.24) is 0 Å². The highest BCUT2D eigenvalue weighted by Gasteiger charge is 1.96. The minimum Gasteiger partial charge on any atom is -0.0616 e. The van der Waals surface area contributed by atoms with E-state index in [1.165, 1.54) is 16.1 Å². The van der Waals surface area contributed by atoms with Crippen LogP contribution in [0.1, 0.15) is 0 Å². The summed E-state index contributed by atoms with van der Waals surface area (Å²) in [5, 5.41) is 4.06. The second kappa shape index (κ2) is 3.55. The minimum absolute atomic E-state index is 0.696. The van der Waals surface area contributed by atoms with E-state index < -0.39 is 0 Å². The van der Waals surface area contributed by atoms with Crippen LogP contribution < -0.4 is 5.30 Å². The van der Waals surface area contributed by atoms with Gasteiger partial charge >= 0.3 is 0 Å². The molecular weight excluding hydrogens is 231 g/mol. The van der Waals surface area contributed by atoms with Gasteiger partial charge in [-0.1, -0.05) is 58.0 Å². The largest absolute Gasteiger partial charge is 0.0616 e. The Morgan fingerprint density at radius 1 is 0.917 bits per heavy atom. The van der Waals surface area contributed by atoms with E-state index in [4.69, 9.17) is 0 Å². The molecule has 0 N–H and O–H groups in total. The van der Waals surface area contributed by atoms with Gasteiger partial charge in [0, 0.05) is 0 Å². The molecule has 0 aromatic heterocycles.